The Labute approximate surface area is 214 Å². The lowest BCUT2D eigenvalue weighted by atomic mass is 9.53. The number of pyridine rings is 1. The number of rotatable bonds is 11. The quantitative estimate of drug-likeness (QED) is 0.422. The first-order chi connectivity index (χ1) is 17.6. The summed E-state index contributed by atoms with van der Waals surface area (Å²) in [6.45, 7) is 1.60. The van der Waals surface area contributed by atoms with E-state index in [0.29, 0.717) is 18.5 Å². The number of nitrogens with one attached hydrogen (secondary N) is 2. The first-order valence-electron chi connectivity index (χ1n) is 14.4. The van der Waals surface area contributed by atoms with Crippen LogP contribution in [0.25, 0.3) is 5.65 Å². The molecule has 2 aromatic heterocycles. The molecule has 1 saturated heterocycles. The summed E-state index contributed by atoms with van der Waals surface area (Å²) >= 11 is 0. The second-order valence-electron chi connectivity index (χ2n) is 12.1. The average Bonchev–Trinajstić information content (AvgIpc) is 3.25. The first-order valence-corrected chi connectivity index (χ1v) is 14.4. The second-order valence-corrected chi connectivity index (χ2v) is 12.1. The third-order valence-electron chi connectivity index (χ3n) is 9.31. The molecule has 4 aliphatic carbocycles. The summed E-state index contributed by atoms with van der Waals surface area (Å²) in [5.74, 6) is 3.59. The molecular weight excluding hydrogens is 450 g/mol. The number of anilines is 1. The van der Waals surface area contributed by atoms with Gasteiger partial charge in [-0.15, -0.1) is 0 Å². The lowest BCUT2D eigenvalue weighted by molar-refractivity contribution is -0.120. The Bertz CT molecular complexity index is 1070. The molecule has 3 heterocycles. The number of imide groups is 1. The van der Waals surface area contributed by atoms with Crippen LogP contribution in [0.2, 0.25) is 0 Å². The largest absolute Gasteiger partial charge is 0.329 e. The summed E-state index contributed by atoms with van der Waals surface area (Å²) in [4.78, 5) is 29.8. The molecule has 7 rings (SSSR count). The summed E-state index contributed by atoms with van der Waals surface area (Å²) in [5, 5.41) is 6.44. The SMILES string of the molecule is O=C1CCN(c2cnc3ccc(CCCCCCCCNC45CC6CC(CC(C6)C4)C5)cn23)C(=O)N1. The molecule has 0 spiro atoms. The molecule has 0 atom stereocenters. The minimum Gasteiger partial charge on any atom is -0.311 e. The van der Waals surface area contributed by atoms with Crippen LogP contribution in [0, 0.1) is 17.8 Å². The van der Waals surface area contributed by atoms with Crippen molar-refractivity contribution in [3.63, 3.8) is 0 Å². The van der Waals surface area contributed by atoms with Gasteiger partial charge >= 0.3 is 6.03 Å². The van der Waals surface area contributed by atoms with Crippen LogP contribution in [0.4, 0.5) is 10.6 Å². The molecule has 7 heteroatoms. The Morgan fingerprint density at radius 3 is 2.36 bits per heavy atom. The van der Waals surface area contributed by atoms with Crippen LogP contribution in [0.3, 0.4) is 0 Å². The number of hydrogen-bond donors (Lipinski definition) is 2. The van der Waals surface area contributed by atoms with Gasteiger partial charge in [0.15, 0.2) is 0 Å². The van der Waals surface area contributed by atoms with Gasteiger partial charge < -0.3 is 5.32 Å². The van der Waals surface area contributed by atoms with Crippen molar-refractivity contribution in [1.29, 1.82) is 0 Å². The van der Waals surface area contributed by atoms with Crippen LogP contribution in [0.1, 0.15) is 89.0 Å². The van der Waals surface area contributed by atoms with Crippen molar-refractivity contribution in [3.8, 4) is 0 Å². The van der Waals surface area contributed by atoms with E-state index in [4.69, 9.17) is 0 Å². The van der Waals surface area contributed by atoms with Gasteiger partial charge in [-0.3, -0.25) is 19.4 Å². The molecule has 4 bridgehead atoms. The van der Waals surface area contributed by atoms with E-state index in [9.17, 15) is 9.59 Å². The molecule has 4 saturated carbocycles. The highest BCUT2D eigenvalue weighted by Gasteiger charge is 2.50. The van der Waals surface area contributed by atoms with Crippen molar-refractivity contribution in [1.82, 2.24) is 20.0 Å². The molecule has 0 aromatic carbocycles. The highest BCUT2D eigenvalue weighted by atomic mass is 16.2. The van der Waals surface area contributed by atoms with Crippen molar-refractivity contribution in [2.24, 2.45) is 17.8 Å². The maximum atomic E-state index is 12.3. The predicted molar refractivity (Wildman–Crippen MR) is 141 cm³/mol. The minimum atomic E-state index is -0.369. The van der Waals surface area contributed by atoms with E-state index in [1.54, 1.807) is 11.1 Å². The van der Waals surface area contributed by atoms with E-state index in [0.717, 1.165) is 35.6 Å². The fraction of sp³-hybridized carbons (Fsp3) is 0.690. The molecule has 5 aliphatic rings. The molecule has 2 N–H and O–H groups in total. The molecule has 2 aromatic rings. The van der Waals surface area contributed by atoms with Gasteiger partial charge in [-0.2, -0.15) is 0 Å². The van der Waals surface area contributed by atoms with E-state index in [1.165, 1.54) is 89.2 Å². The van der Waals surface area contributed by atoms with Crippen molar-refractivity contribution >= 4 is 23.4 Å². The van der Waals surface area contributed by atoms with Gasteiger partial charge in [-0.1, -0.05) is 31.7 Å². The molecule has 7 nitrogen and oxygen atoms in total. The molecule has 1 aliphatic heterocycles. The summed E-state index contributed by atoms with van der Waals surface area (Å²) in [6, 6.07) is 3.79. The van der Waals surface area contributed by atoms with Crippen molar-refractivity contribution in [2.45, 2.75) is 95.4 Å². The number of amides is 3. The first kappa shape index (κ1) is 24.0. The van der Waals surface area contributed by atoms with Crippen molar-refractivity contribution in [2.75, 3.05) is 18.0 Å². The van der Waals surface area contributed by atoms with E-state index in [2.05, 4.69) is 27.9 Å². The molecule has 5 fully saturated rings. The van der Waals surface area contributed by atoms with Crippen LogP contribution < -0.4 is 15.5 Å². The van der Waals surface area contributed by atoms with Crippen LogP contribution in [0.15, 0.2) is 24.5 Å². The van der Waals surface area contributed by atoms with E-state index in [-0.39, 0.29) is 11.9 Å². The summed E-state index contributed by atoms with van der Waals surface area (Å²) in [7, 11) is 0. The Morgan fingerprint density at radius 2 is 1.64 bits per heavy atom. The van der Waals surface area contributed by atoms with Gasteiger partial charge in [0, 0.05) is 24.7 Å². The summed E-state index contributed by atoms with van der Waals surface area (Å²) in [5.41, 5.74) is 2.59. The third-order valence-corrected chi connectivity index (χ3v) is 9.31. The number of fused-ring (bicyclic) bond motifs is 1. The Balaban J connectivity index is 0.897. The number of aromatic nitrogens is 2. The smallest absolute Gasteiger partial charge is 0.311 e. The fourth-order valence-corrected chi connectivity index (χ4v) is 7.98. The normalized spacial score (nSPS) is 29.3. The highest BCUT2D eigenvalue weighted by molar-refractivity contribution is 6.05. The number of carbonyl (C=O) groups excluding carboxylic acids is 2. The highest BCUT2D eigenvalue weighted by Crippen LogP contribution is 2.55. The fourth-order valence-electron chi connectivity index (χ4n) is 7.98. The van der Waals surface area contributed by atoms with Crippen LogP contribution >= 0.6 is 0 Å². The van der Waals surface area contributed by atoms with Gasteiger partial charge in [-0.25, -0.2) is 9.78 Å². The number of urea groups is 1. The van der Waals surface area contributed by atoms with E-state index >= 15 is 0 Å². The van der Waals surface area contributed by atoms with Gasteiger partial charge in [0.05, 0.1) is 6.20 Å². The maximum absolute atomic E-state index is 12.3. The monoisotopic (exact) mass is 491 g/mol. The lowest BCUT2D eigenvalue weighted by Crippen LogP contribution is -2.58. The third kappa shape index (κ3) is 5.04. The standard InChI is InChI=1S/C29H41N5O2/c35-26-10-12-33(28(36)32-26)27-19-30-25-9-8-21(20-34(25)27)7-5-3-1-2-4-6-11-31-29-16-22-13-23(17-29)15-24(14-22)18-29/h8-9,19-20,22-24,31H,1-7,10-18H2,(H,32,35,36). The topological polar surface area (TPSA) is 78.7 Å². The molecule has 36 heavy (non-hydrogen) atoms. The van der Waals surface area contributed by atoms with Crippen molar-refractivity contribution < 1.29 is 9.59 Å². The second kappa shape index (κ2) is 10.2. The van der Waals surface area contributed by atoms with Crippen molar-refractivity contribution in [3.05, 3.63) is 30.1 Å². The van der Waals surface area contributed by atoms with Crippen LogP contribution in [-0.4, -0.2) is 40.0 Å². The number of nitrogens with zero attached hydrogens (tertiary/aromatic N) is 3. The number of hydrogen-bond acceptors (Lipinski definition) is 4. The predicted octanol–water partition coefficient (Wildman–Crippen LogP) is 5.22. The zero-order valence-corrected chi connectivity index (χ0v) is 21.5. The molecule has 194 valence electrons. The van der Waals surface area contributed by atoms with E-state index < -0.39 is 0 Å². The van der Waals surface area contributed by atoms with E-state index in [1.807, 2.05) is 10.5 Å². The average molecular weight is 492 g/mol. The Hall–Kier alpha value is -2.41. The number of carbonyl (C=O) groups is 2. The van der Waals surface area contributed by atoms with Gasteiger partial charge in [-0.05, 0) is 93.7 Å². The minimum absolute atomic E-state index is 0.218. The number of unbranched alkanes of at least 4 members (excludes halogenated alkanes) is 5. The molecule has 3 amide bonds. The maximum Gasteiger partial charge on any atom is 0.329 e. The van der Waals surface area contributed by atoms with Gasteiger partial charge in [0.1, 0.15) is 11.5 Å². The Morgan fingerprint density at radius 1 is 0.944 bits per heavy atom. The number of imidazole rings is 1. The van der Waals surface area contributed by atoms with Crippen LogP contribution in [0.5, 0.6) is 0 Å². The van der Waals surface area contributed by atoms with Gasteiger partial charge in [0.25, 0.3) is 0 Å². The molecular formula is C29H41N5O2. The Kier molecular flexibility index (Phi) is 6.76. The lowest BCUT2D eigenvalue weighted by Gasteiger charge is -2.57. The zero-order chi connectivity index (χ0) is 24.5. The molecule has 0 unspecified atom stereocenters. The zero-order valence-electron chi connectivity index (χ0n) is 21.5. The summed E-state index contributed by atoms with van der Waals surface area (Å²) in [6.07, 6.45) is 21.8. The van der Waals surface area contributed by atoms with Crippen LogP contribution in [-0.2, 0) is 11.2 Å². The molecule has 0 radical (unpaired) electrons. The number of aryl methyl sites for hydroxylation is 1. The van der Waals surface area contributed by atoms with Gasteiger partial charge in [0.2, 0.25) is 5.91 Å². The summed E-state index contributed by atoms with van der Waals surface area (Å²) < 4.78 is 1.97.